The van der Waals surface area contributed by atoms with Gasteiger partial charge in [0.05, 0.1) is 27.3 Å². The quantitative estimate of drug-likeness (QED) is 0.573. The number of amides is 2. The number of anilines is 1. The summed E-state index contributed by atoms with van der Waals surface area (Å²) in [5.74, 6) is -3.11. The maximum absolute atomic E-state index is 14.0. The van der Waals surface area contributed by atoms with Crippen LogP contribution in [-0.2, 0) is 14.4 Å². The van der Waals surface area contributed by atoms with Gasteiger partial charge in [-0.2, -0.15) is 0 Å². The second kappa shape index (κ2) is 8.48. The highest BCUT2D eigenvalue weighted by Gasteiger charge is 2.74. The van der Waals surface area contributed by atoms with Crippen LogP contribution in [0.1, 0.15) is 19.3 Å². The maximum atomic E-state index is 14.0. The van der Waals surface area contributed by atoms with E-state index in [1.54, 1.807) is 30.3 Å². The molecule has 3 fully saturated rings. The number of fused-ring (bicyclic) bond motifs is 1. The van der Waals surface area contributed by atoms with Crippen molar-refractivity contribution < 1.29 is 24.6 Å². The molecule has 4 rings (SSSR count). The third-order valence-electron chi connectivity index (χ3n) is 6.60. The molecule has 2 unspecified atom stereocenters. The van der Waals surface area contributed by atoms with E-state index in [2.05, 4.69) is 6.58 Å². The predicted molar refractivity (Wildman–Crippen MR) is 119 cm³/mol. The van der Waals surface area contributed by atoms with Crippen LogP contribution in [-0.4, -0.2) is 68.6 Å². The number of aliphatic hydroxyl groups is 1. The van der Waals surface area contributed by atoms with Gasteiger partial charge in [0.2, 0.25) is 5.91 Å². The normalized spacial score (nSPS) is 31.0. The van der Waals surface area contributed by atoms with E-state index in [9.17, 15) is 24.6 Å². The summed E-state index contributed by atoms with van der Waals surface area (Å²) in [6.07, 6.45) is 3.19. The van der Waals surface area contributed by atoms with E-state index in [4.69, 9.17) is 11.6 Å². The van der Waals surface area contributed by atoms with Crippen molar-refractivity contribution in [2.24, 2.45) is 11.8 Å². The summed E-state index contributed by atoms with van der Waals surface area (Å²) in [6, 6.07) is 6.18. The molecule has 0 saturated carbocycles. The average Bonchev–Trinajstić information content (AvgIpc) is 3.38. The number of likely N-dealkylation sites (tertiary alicyclic amines) is 1. The van der Waals surface area contributed by atoms with Crippen LogP contribution < -0.4 is 4.90 Å². The van der Waals surface area contributed by atoms with Crippen molar-refractivity contribution in [2.45, 2.75) is 35.3 Å². The second-order valence-corrected chi connectivity index (χ2v) is 10.2. The number of benzene rings is 1. The second-order valence-electron chi connectivity index (χ2n) is 8.19. The van der Waals surface area contributed by atoms with Crippen molar-refractivity contribution in [2.75, 3.05) is 24.6 Å². The summed E-state index contributed by atoms with van der Waals surface area (Å²) < 4.78 is -0.780. The van der Waals surface area contributed by atoms with Gasteiger partial charge in [-0.15, -0.1) is 18.3 Å². The number of hydrogen-bond acceptors (Lipinski definition) is 5. The van der Waals surface area contributed by atoms with Crippen molar-refractivity contribution in [3.63, 3.8) is 0 Å². The molecule has 3 heterocycles. The van der Waals surface area contributed by atoms with Crippen molar-refractivity contribution >= 4 is 46.8 Å². The number of carbonyl (C=O) groups excluding carboxylic acids is 2. The Labute approximate surface area is 190 Å². The van der Waals surface area contributed by atoms with Crippen molar-refractivity contribution in [1.82, 2.24) is 4.90 Å². The molecule has 2 amide bonds. The van der Waals surface area contributed by atoms with Gasteiger partial charge in [0.1, 0.15) is 6.04 Å². The molecule has 31 heavy (non-hydrogen) atoms. The molecule has 7 nitrogen and oxygen atoms in total. The van der Waals surface area contributed by atoms with E-state index in [1.807, 2.05) is 0 Å². The van der Waals surface area contributed by atoms with Crippen molar-refractivity contribution in [3.05, 3.63) is 41.9 Å². The zero-order chi connectivity index (χ0) is 22.3. The van der Waals surface area contributed by atoms with Gasteiger partial charge < -0.3 is 20.0 Å². The molecule has 3 aliphatic heterocycles. The fraction of sp³-hybridized carbons (Fsp3) is 0.500. The first-order valence-electron chi connectivity index (χ1n) is 10.4. The van der Waals surface area contributed by atoms with Crippen molar-refractivity contribution in [3.8, 4) is 0 Å². The fourth-order valence-electron chi connectivity index (χ4n) is 5.45. The highest BCUT2D eigenvalue weighted by molar-refractivity contribution is 8.02. The third-order valence-corrected chi connectivity index (χ3v) is 8.87. The lowest BCUT2D eigenvalue weighted by Crippen LogP contribution is -2.55. The van der Waals surface area contributed by atoms with Gasteiger partial charge in [0, 0.05) is 24.9 Å². The summed E-state index contributed by atoms with van der Waals surface area (Å²) >= 11 is 7.87. The number of carbonyl (C=O) groups is 3. The van der Waals surface area contributed by atoms with Gasteiger partial charge in [-0.1, -0.05) is 29.8 Å². The molecule has 1 aromatic rings. The first-order valence-corrected chi connectivity index (χ1v) is 11.6. The van der Waals surface area contributed by atoms with Gasteiger partial charge in [-0.25, -0.2) is 0 Å². The van der Waals surface area contributed by atoms with Crippen LogP contribution >= 0.6 is 23.4 Å². The lowest BCUT2D eigenvalue weighted by Gasteiger charge is -2.37. The molecule has 166 valence electrons. The predicted octanol–water partition coefficient (Wildman–Crippen LogP) is 2.42. The molecule has 1 spiro atoms. The lowest BCUT2D eigenvalue weighted by molar-refractivity contribution is -0.148. The standard InChI is InChI=1S/C22H25ClN2O5S/c1-2-10-24(14-7-4-3-6-13(14)23)20(28)18-22-9-8-15(31-22)16(21(29)30)17(22)19(27)25(18)11-5-12-26/h2-4,6-7,15-18,26H,1,5,8-12H2,(H,29,30)/t15-,16+,17-,18?,22?/m0/s1. The van der Waals surface area contributed by atoms with Gasteiger partial charge in [0.15, 0.2) is 0 Å². The van der Waals surface area contributed by atoms with Crippen LogP contribution in [0.3, 0.4) is 0 Å². The number of rotatable bonds is 8. The number of carboxylic acids is 1. The van der Waals surface area contributed by atoms with E-state index < -0.39 is 28.6 Å². The largest absolute Gasteiger partial charge is 0.481 e. The number of carboxylic acid groups (broad SMARTS) is 1. The summed E-state index contributed by atoms with van der Waals surface area (Å²) in [5, 5.41) is 19.4. The molecule has 0 radical (unpaired) electrons. The summed E-state index contributed by atoms with van der Waals surface area (Å²) in [4.78, 5) is 42.5. The number of nitrogens with zero attached hydrogens (tertiary/aromatic N) is 2. The number of para-hydroxylation sites is 1. The molecule has 3 saturated heterocycles. The smallest absolute Gasteiger partial charge is 0.308 e. The Kier molecular flexibility index (Phi) is 6.07. The molecule has 1 aromatic carbocycles. The SMILES string of the molecule is C=CCN(C(=O)C1N(CCCO)C(=O)[C@@H]2[C@H](C(=O)O)[C@@H]3CCC12S3)c1ccccc1Cl. The third kappa shape index (κ3) is 3.36. The van der Waals surface area contributed by atoms with Crippen LogP contribution in [0.2, 0.25) is 5.02 Å². The van der Waals surface area contributed by atoms with E-state index in [1.165, 1.54) is 21.6 Å². The Morgan fingerprint density at radius 1 is 1.39 bits per heavy atom. The minimum Gasteiger partial charge on any atom is -0.481 e. The number of thioether (sulfide) groups is 1. The van der Waals surface area contributed by atoms with E-state index in [0.717, 1.165) is 0 Å². The first-order chi connectivity index (χ1) is 14.9. The topological polar surface area (TPSA) is 98.2 Å². The summed E-state index contributed by atoms with van der Waals surface area (Å²) in [7, 11) is 0. The summed E-state index contributed by atoms with van der Waals surface area (Å²) in [5.41, 5.74) is 0.524. The van der Waals surface area contributed by atoms with Gasteiger partial charge in [0.25, 0.3) is 5.91 Å². The minimum atomic E-state index is -0.985. The highest BCUT2D eigenvalue weighted by Crippen LogP contribution is 2.66. The molecule has 2 N–H and O–H groups in total. The molecular formula is C22H25ClN2O5S. The van der Waals surface area contributed by atoms with Gasteiger partial charge in [-0.05, 0) is 31.4 Å². The molecule has 5 atom stereocenters. The molecule has 9 heteroatoms. The van der Waals surface area contributed by atoms with Crippen LogP contribution in [0.15, 0.2) is 36.9 Å². The van der Waals surface area contributed by atoms with Gasteiger partial charge >= 0.3 is 5.97 Å². The van der Waals surface area contributed by atoms with E-state index in [0.29, 0.717) is 30.0 Å². The number of aliphatic carboxylic acids is 1. The monoisotopic (exact) mass is 464 g/mol. The molecular weight excluding hydrogens is 440 g/mol. The van der Waals surface area contributed by atoms with E-state index >= 15 is 0 Å². The molecule has 0 aromatic heterocycles. The first kappa shape index (κ1) is 22.2. The van der Waals surface area contributed by atoms with Gasteiger partial charge in [-0.3, -0.25) is 14.4 Å². The van der Waals surface area contributed by atoms with E-state index in [-0.39, 0.29) is 36.8 Å². The average molecular weight is 465 g/mol. The molecule has 3 aliphatic rings. The zero-order valence-corrected chi connectivity index (χ0v) is 18.5. The molecule has 0 aliphatic carbocycles. The Morgan fingerprint density at radius 2 is 2.13 bits per heavy atom. The van der Waals surface area contributed by atoms with Crippen LogP contribution in [0.25, 0.3) is 0 Å². The van der Waals surface area contributed by atoms with Crippen molar-refractivity contribution in [1.29, 1.82) is 0 Å². The Morgan fingerprint density at radius 3 is 2.77 bits per heavy atom. The van der Waals surface area contributed by atoms with Crippen LogP contribution in [0.4, 0.5) is 5.69 Å². The Hall–Kier alpha value is -2.03. The minimum absolute atomic E-state index is 0.124. The van der Waals surface area contributed by atoms with Crippen LogP contribution in [0.5, 0.6) is 0 Å². The lowest BCUT2D eigenvalue weighted by atomic mass is 9.71. The maximum Gasteiger partial charge on any atom is 0.308 e. The highest BCUT2D eigenvalue weighted by atomic mass is 35.5. The molecule has 2 bridgehead atoms. The zero-order valence-electron chi connectivity index (χ0n) is 16.9. The number of hydrogen-bond donors (Lipinski definition) is 2. The number of aliphatic hydroxyl groups excluding tert-OH is 1. The van der Waals surface area contributed by atoms with Crippen LogP contribution in [0, 0.1) is 11.8 Å². The summed E-state index contributed by atoms with van der Waals surface area (Å²) in [6.45, 7) is 4.05. The number of halogens is 1. The fourth-order valence-corrected chi connectivity index (χ4v) is 7.89. The Bertz CT molecular complexity index is 927. The Balaban J connectivity index is 1.79.